The summed E-state index contributed by atoms with van der Waals surface area (Å²) in [5, 5.41) is 4.29. The molecule has 0 aliphatic carbocycles. The lowest BCUT2D eigenvalue weighted by molar-refractivity contribution is -0.173. The molecule has 0 bridgehead atoms. The maximum atomic E-state index is 12.1. The van der Waals surface area contributed by atoms with Gasteiger partial charge in [0.15, 0.2) is 10.4 Å². The molecule has 2 N–H and O–H groups in total. The molecule has 0 unspecified atom stereocenters. The van der Waals surface area contributed by atoms with Crippen LogP contribution in [0.1, 0.15) is 16.1 Å². The van der Waals surface area contributed by atoms with Gasteiger partial charge in [-0.3, -0.25) is 9.59 Å². The Labute approximate surface area is 137 Å². The molecule has 0 radical (unpaired) electrons. The van der Waals surface area contributed by atoms with Crippen LogP contribution >= 0.6 is 15.9 Å². The maximum Gasteiger partial charge on any atom is 0.471 e. The lowest BCUT2D eigenvalue weighted by Crippen LogP contribution is -2.36. The molecule has 1 aromatic heterocycles. The van der Waals surface area contributed by atoms with Crippen molar-refractivity contribution in [2.45, 2.75) is 12.7 Å². The maximum absolute atomic E-state index is 12.1. The Kier molecular flexibility index (Phi) is 5.09. The molecule has 9 heteroatoms. The fourth-order valence-electron chi connectivity index (χ4n) is 1.67. The van der Waals surface area contributed by atoms with Crippen molar-refractivity contribution >= 4 is 33.4 Å². The summed E-state index contributed by atoms with van der Waals surface area (Å²) in [7, 11) is 0. The normalized spacial score (nSPS) is 11.1. The zero-order valence-electron chi connectivity index (χ0n) is 11.4. The summed E-state index contributed by atoms with van der Waals surface area (Å²) in [5.41, 5.74) is 0.766. The Hall–Kier alpha value is -2.29. The number of halogens is 4. The van der Waals surface area contributed by atoms with Crippen molar-refractivity contribution in [1.82, 2.24) is 5.32 Å². The van der Waals surface area contributed by atoms with Crippen LogP contribution in [0, 0.1) is 0 Å². The monoisotopic (exact) mass is 390 g/mol. The summed E-state index contributed by atoms with van der Waals surface area (Å²) in [6.45, 7) is -0.311. The van der Waals surface area contributed by atoms with Crippen LogP contribution in [-0.2, 0) is 11.3 Å². The standard InChI is InChI=1S/C14H10BrF3N2O3/c15-11-5-4-10(23-11)12(21)20-9-3-1-2-8(6-9)7-19-13(22)14(16,17)18/h1-6H,7H2,(H,19,22)(H,20,21). The topological polar surface area (TPSA) is 71.3 Å². The first-order chi connectivity index (χ1) is 10.8. The molecule has 1 heterocycles. The predicted octanol–water partition coefficient (Wildman–Crippen LogP) is 3.47. The summed E-state index contributed by atoms with van der Waals surface area (Å²) in [5.74, 6) is -2.45. The quantitative estimate of drug-likeness (QED) is 0.839. The Morgan fingerprint density at radius 2 is 1.91 bits per heavy atom. The van der Waals surface area contributed by atoms with Crippen molar-refractivity contribution in [1.29, 1.82) is 0 Å². The van der Waals surface area contributed by atoms with Crippen LogP contribution in [0.2, 0.25) is 0 Å². The average molecular weight is 391 g/mol. The van der Waals surface area contributed by atoms with Crippen molar-refractivity contribution in [3.05, 3.63) is 52.4 Å². The van der Waals surface area contributed by atoms with E-state index in [4.69, 9.17) is 4.42 Å². The van der Waals surface area contributed by atoms with Gasteiger partial charge < -0.3 is 15.1 Å². The second-order valence-corrected chi connectivity index (χ2v) is 5.22. The molecule has 2 aromatic rings. The van der Waals surface area contributed by atoms with Gasteiger partial charge >= 0.3 is 12.1 Å². The minimum Gasteiger partial charge on any atom is -0.444 e. The van der Waals surface area contributed by atoms with Gasteiger partial charge in [-0.1, -0.05) is 12.1 Å². The Balaban J connectivity index is 2.00. The molecule has 0 aliphatic rings. The van der Waals surface area contributed by atoms with Crippen molar-refractivity contribution in [2.75, 3.05) is 5.32 Å². The van der Waals surface area contributed by atoms with Crippen molar-refractivity contribution in [3.63, 3.8) is 0 Å². The van der Waals surface area contributed by atoms with Gasteiger partial charge in [0.1, 0.15) is 0 Å². The highest BCUT2D eigenvalue weighted by atomic mass is 79.9. The number of nitrogens with one attached hydrogen (secondary N) is 2. The number of hydrogen-bond donors (Lipinski definition) is 2. The van der Waals surface area contributed by atoms with Gasteiger partial charge in [0.2, 0.25) is 0 Å². The molecular formula is C14H10BrF3N2O3. The Bertz CT molecular complexity index is 728. The fraction of sp³-hybridized carbons (Fsp3) is 0.143. The van der Waals surface area contributed by atoms with E-state index in [9.17, 15) is 22.8 Å². The van der Waals surface area contributed by atoms with Crippen LogP contribution in [0.15, 0.2) is 45.5 Å². The van der Waals surface area contributed by atoms with Gasteiger partial charge in [-0.15, -0.1) is 0 Å². The van der Waals surface area contributed by atoms with Crippen LogP contribution < -0.4 is 10.6 Å². The van der Waals surface area contributed by atoms with Gasteiger partial charge in [0, 0.05) is 12.2 Å². The second-order valence-electron chi connectivity index (χ2n) is 4.44. The minimum absolute atomic E-state index is 0.0765. The van der Waals surface area contributed by atoms with Crippen molar-refractivity contribution in [3.8, 4) is 0 Å². The van der Waals surface area contributed by atoms with Crippen LogP contribution in [0.4, 0.5) is 18.9 Å². The SMILES string of the molecule is O=C(Nc1cccc(CNC(=O)C(F)(F)F)c1)c1ccc(Br)o1. The molecule has 2 amide bonds. The number of furan rings is 1. The van der Waals surface area contributed by atoms with Crippen molar-refractivity contribution in [2.24, 2.45) is 0 Å². The summed E-state index contributed by atoms with van der Waals surface area (Å²) < 4.78 is 41.8. The molecule has 0 aliphatic heterocycles. The smallest absolute Gasteiger partial charge is 0.444 e. The number of amides is 2. The first kappa shape index (κ1) is 17.1. The third kappa shape index (κ3) is 4.85. The predicted molar refractivity (Wildman–Crippen MR) is 78.7 cm³/mol. The second kappa shape index (κ2) is 6.86. The van der Waals surface area contributed by atoms with E-state index in [-0.39, 0.29) is 12.3 Å². The summed E-state index contributed by atoms with van der Waals surface area (Å²) in [6.07, 6.45) is -4.93. The highest BCUT2D eigenvalue weighted by Gasteiger charge is 2.38. The van der Waals surface area contributed by atoms with Gasteiger partial charge in [-0.25, -0.2) is 0 Å². The third-order valence-electron chi connectivity index (χ3n) is 2.69. The minimum atomic E-state index is -4.93. The van der Waals surface area contributed by atoms with Crippen LogP contribution in [0.5, 0.6) is 0 Å². The van der Waals surface area contributed by atoms with E-state index in [0.717, 1.165) is 0 Å². The number of rotatable bonds is 4. The van der Waals surface area contributed by atoms with E-state index in [0.29, 0.717) is 15.9 Å². The van der Waals surface area contributed by atoms with Crippen LogP contribution in [0.25, 0.3) is 0 Å². The third-order valence-corrected chi connectivity index (χ3v) is 3.12. The largest absolute Gasteiger partial charge is 0.471 e. The Morgan fingerprint density at radius 3 is 2.52 bits per heavy atom. The first-order valence-corrected chi connectivity index (χ1v) is 7.05. The fourth-order valence-corrected chi connectivity index (χ4v) is 1.98. The van der Waals surface area contributed by atoms with E-state index >= 15 is 0 Å². The van der Waals surface area contributed by atoms with E-state index in [1.807, 2.05) is 0 Å². The van der Waals surface area contributed by atoms with E-state index in [1.165, 1.54) is 18.2 Å². The zero-order chi connectivity index (χ0) is 17.0. The van der Waals surface area contributed by atoms with Crippen LogP contribution in [0.3, 0.4) is 0 Å². The molecule has 0 fully saturated rings. The molecule has 122 valence electrons. The van der Waals surface area contributed by atoms with E-state index in [1.54, 1.807) is 23.5 Å². The van der Waals surface area contributed by atoms with Gasteiger partial charge in [-0.05, 0) is 45.8 Å². The van der Waals surface area contributed by atoms with Crippen molar-refractivity contribution < 1.29 is 27.2 Å². The summed E-state index contributed by atoms with van der Waals surface area (Å²) >= 11 is 3.07. The molecule has 2 rings (SSSR count). The molecule has 1 aromatic carbocycles. The number of carbonyl (C=O) groups excluding carboxylic acids is 2. The number of anilines is 1. The molecule has 23 heavy (non-hydrogen) atoms. The highest BCUT2D eigenvalue weighted by Crippen LogP contribution is 2.18. The van der Waals surface area contributed by atoms with E-state index < -0.39 is 18.0 Å². The summed E-state index contributed by atoms with van der Waals surface area (Å²) in [6, 6.07) is 9.10. The van der Waals surface area contributed by atoms with Gasteiger partial charge in [-0.2, -0.15) is 13.2 Å². The lowest BCUT2D eigenvalue weighted by Gasteiger charge is -2.09. The molecule has 0 saturated heterocycles. The number of benzene rings is 1. The highest BCUT2D eigenvalue weighted by molar-refractivity contribution is 9.10. The number of alkyl halides is 3. The first-order valence-electron chi connectivity index (χ1n) is 6.26. The lowest BCUT2D eigenvalue weighted by atomic mass is 10.2. The van der Waals surface area contributed by atoms with E-state index in [2.05, 4.69) is 21.2 Å². The average Bonchev–Trinajstić information content (AvgIpc) is 2.91. The molecule has 0 spiro atoms. The Morgan fingerprint density at radius 1 is 1.17 bits per heavy atom. The molecule has 5 nitrogen and oxygen atoms in total. The molecular weight excluding hydrogens is 381 g/mol. The molecule has 0 saturated carbocycles. The number of hydrogen-bond acceptors (Lipinski definition) is 3. The summed E-state index contributed by atoms with van der Waals surface area (Å²) in [4.78, 5) is 22.7. The van der Waals surface area contributed by atoms with Gasteiger partial charge in [0.25, 0.3) is 5.91 Å². The number of carbonyl (C=O) groups is 2. The van der Waals surface area contributed by atoms with Gasteiger partial charge in [0.05, 0.1) is 0 Å². The van der Waals surface area contributed by atoms with Crippen LogP contribution in [-0.4, -0.2) is 18.0 Å². The zero-order valence-corrected chi connectivity index (χ0v) is 13.0. The molecule has 0 atom stereocenters.